The van der Waals surface area contributed by atoms with Crippen molar-refractivity contribution in [2.75, 3.05) is 6.54 Å². The molecular weight excluding hydrogens is 274 g/mol. The van der Waals surface area contributed by atoms with E-state index >= 15 is 0 Å². The summed E-state index contributed by atoms with van der Waals surface area (Å²) in [6.07, 6.45) is 1.94. The van der Waals surface area contributed by atoms with E-state index < -0.39 is 0 Å². The molecule has 0 bridgehead atoms. The summed E-state index contributed by atoms with van der Waals surface area (Å²) in [5.41, 5.74) is 0.809. The Balaban J connectivity index is 1.64. The molecule has 2 rings (SSSR count). The van der Waals surface area contributed by atoms with Crippen LogP contribution < -0.4 is 10.6 Å². The molecule has 0 unspecified atom stereocenters. The monoisotopic (exact) mass is 289 g/mol. The quantitative estimate of drug-likeness (QED) is 0.848. The first-order valence-electron chi connectivity index (χ1n) is 6.24. The summed E-state index contributed by atoms with van der Waals surface area (Å²) in [5, 5.41) is 7.31. The zero-order chi connectivity index (χ0) is 14.2. The van der Waals surface area contributed by atoms with Crippen LogP contribution in [0.3, 0.4) is 0 Å². The predicted octanol–water partition coefficient (Wildman–Crippen LogP) is 1.58. The standard InChI is InChI=1S/C14H15N3O2S/c18-13(17-10-11-4-1-2-7-15-11)6-8-16-14(19)12-5-3-9-20-12/h1-5,7,9H,6,8,10H2,(H,16,19)(H,17,18). The molecule has 2 aromatic heterocycles. The van der Waals surface area contributed by atoms with Gasteiger partial charge >= 0.3 is 0 Å². The number of rotatable bonds is 6. The van der Waals surface area contributed by atoms with Gasteiger partial charge in [-0.3, -0.25) is 14.6 Å². The minimum atomic E-state index is -0.141. The van der Waals surface area contributed by atoms with Crippen LogP contribution in [0.15, 0.2) is 41.9 Å². The average Bonchev–Trinajstić information content (AvgIpc) is 3.00. The highest BCUT2D eigenvalue weighted by molar-refractivity contribution is 7.12. The van der Waals surface area contributed by atoms with Crippen LogP contribution in [0.1, 0.15) is 21.8 Å². The molecule has 2 aromatic rings. The molecule has 0 aliphatic rings. The van der Waals surface area contributed by atoms with E-state index in [2.05, 4.69) is 15.6 Å². The highest BCUT2D eigenvalue weighted by Crippen LogP contribution is 2.07. The summed E-state index contributed by atoms with van der Waals surface area (Å²) >= 11 is 1.38. The molecule has 0 aliphatic carbocycles. The SMILES string of the molecule is O=C(CCNC(=O)c1cccs1)NCc1ccccn1. The molecule has 2 N–H and O–H groups in total. The van der Waals surface area contributed by atoms with Crippen molar-refractivity contribution >= 4 is 23.2 Å². The number of nitrogens with one attached hydrogen (secondary N) is 2. The second kappa shape index (κ2) is 7.40. The number of amides is 2. The first kappa shape index (κ1) is 14.2. The Kier molecular flexibility index (Phi) is 5.25. The van der Waals surface area contributed by atoms with Gasteiger partial charge in [0.15, 0.2) is 0 Å². The maximum atomic E-state index is 11.6. The van der Waals surface area contributed by atoms with Gasteiger partial charge in [-0.15, -0.1) is 11.3 Å². The van der Waals surface area contributed by atoms with Gasteiger partial charge in [-0.05, 0) is 23.6 Å². The topological polar surface area (TPSA) is 71.1 Å². The molecule has 0 aliphatic heterocycles. The number of hydrogen-bond acceptors (Lipinski definition) is 4. The summed E-state index contributed by atoms with van der Waals surface area (Å²) in [6, 6.07) is 9.11. The van der Waals surface area contributed by atoms with Crippen LogP contribution >= 0.6 is 11.3 Å². The lowest BCUT2D eigenvalue weighted by Crippen LogP contribution is -2.30. The summed E-state index contributed by atoms with van der Waals surface area (Å²) in [6.45, 7) is 0.726. The lowest BCUT2D eigenvalue weighted by Gasteiger charge is -2.05. The fourth-order valence-electron chi connectivity index (χ4n) is 1.56. The molecule has 0 saturated carbocycles. The van der Waals surface area contributed by atoms with Crippen LogP contribution in [0.5, 0.6) is 0 Å². The molecule has 0 spiro atoms. The fraction of sp³-hybridized carbons (Fsp3) is 0.214. The van der Waals surface area contributed by atoms with E-state index in [1.807, 2.05) is 29.6 Å². The van der Waals surface area contributed by atoms with Crippen molar-refractivity contribution in [2.45, 2.75) is 13.0 Å². The zero-order valence-corrected chi connectivity index (χ0v) is 11.7. The Bertz CT molecular complexity index is 555. The second-order valence-corrected chi connectivity index (χ2v) is 5.03. The van der Waals surface area contributed by atoms with Crippen LogP contribution in [0.25, 0.3) is 0 Å². The van der Waals surface area contributed by atoms with E-state index in [0.29, 0.717) is 18.0 Å². The molecule has 0 fully saturated rings. The number of carbonyl (C=O) groups excluding carboxylic acids is 2. The van der Waals surface area contributed by atoms with E-state index in [1.54, 1.807) is 12.3 Å². The van der Waals surface area contributed by atoms with Crippen molar-refractivity contribution in [1.82, 2.24) is 15.6 Å². The second-order valence-electron chi connectivity index (χ2n) is 4.08. The van der Waals surface area contributed by atoms with Gasteiger partial charge in [0.1, 0.15) is 0 Å². The first-order chi connectivity index (χ1) is 9.75. The van der Waals surface area contributed by atoms with Crippen LogP contribution in [-0.4, -0.2) is 23.3 Å². The van der Waals surface area contributed by atoms with E-state index in [9.17, 15) is 9.59 Å². The largest absolute Gasteiger partial charge is 0.351 e. The van der Waals surface area contributed by atoms with Crippen molar-refractivity contribution in [3.8, 4) is 0 Å². The van der Waals surface area contributed by atoms with Gasteiger partial charge in [0.2, 0.25) is 5.91 Å². The molecule has 0 radical (unpaired) electrons. The van der Waals surface area contributed by atoms with Gasteiger partial charge in [-0.25, -0.2) is 0 Å². The molecule has 6 heteroatoms. The van der Waals surface area contributed by atoms with E-state index in [4.69, 9.17) is 0 Å². The number of carbonyl (C=O) groups is 2. The average molecular weight is 289 g/mol. The Morgan fingerprint density at radius 3 is 2.75 bits per heavy atom. The molecule has 20 heavy (non-hydrogen) atoms. The Labute approximate surface area is 121 Å². The third-order valence-electron chi connectivity index (χ3n) is 2.58. The third kappa shape index (κ3) is 4.47. The minimum Gasteiger partial charge on any atom is -0.351 e. The summed E-state index contributed by atoms with van der Waals surface area (Å²) in [7, 11) is 0. The molecular formula is C14H15N3O2S. The highest BCUT2D eigenvalue weighted by atomic mass is 32.1. The van der Waals surface area contributed by atoms with Crippen molar-refractivity contribution in [3.05, 3.63) is 52.5 Å². The van der Waals surface area contributed by atoms with Crippen molar-refractivity contribution in [1.29, 1.82) is 0 Å². The molecule has 5 nitrogen and oxygen atoms in total. The number of aromatic nitrogens is 1. The maximum Gasteiger partial charge on any atom is 0.261 e. The van der Waals surface area contributed by atoms with Crippen LogP contribution in [0.4, 0.5) is 0 Å². The Morgan fingerprint density at radius 1 is 1.15 bits per heavy atom. The van der Waals surface area contributed by atoms with Gasteiger partial charge in [0.05, 0.1) is 17.1 Å². The van der Waals surface area contributed by atoms with Crippen LogP contribution in [-0.2, 0) is 11.3 Å². The lowest BCUT2D eigenvalue weighted by atomic mass is 10.3. The van der Waals surface area contributed by atoms with E-state index in [1.165, 1.54) is 11.3 Å². The summed E-state index contributed by atoms with van der Waals surface area (Å²) in [4.78, 5) is 28.0. The number of hydrogen-bond donors (Lipinski definition) is 2. The minimum absolute atomic E-state index is 0.109. The number of pyridine rings is 1. The van der Waals surface area contributed by atoms with Crippen molar-refractivity contribution in [2.24, 2.45) is 0 Å². The van der Waals surface area contributed by atoms with Gasteiger partial charge in [-0.2, -0.15) is 0 Å². The van der Waals surface area contributed by atoms with Gasteiger partial charge in [0.25, 0.3) is 5.91 Å². The first-order valence-corrected chi connectivity index (χ1v) is 7.12. The van der Waals surface area contributed by atoms with E-state index in [0.717, 1.165) is 5.69 Å². The molecule has 104 valence electrons. The van der Waals surface area contributed by atoms with Gasteiger partial charge in [-0.1, -0.05) is 12.1 Å². The van der Waals surface area contributed by atoms with Crippen molar-refractivity contribution in [3.63, 3.8) is 0 Å². The predicted molar refractivity (Wildman–Crippen MR) is 77.4 cm³/mol. The normalized spacial score (nSPS) is 10.0. The van der Waals surface area contributed by atoms with E-state index in [-0.39, 0.29) is 18.2 Å². The summed E-state index contributed by atoms with van der Waals surface area (Å²) < 4.78 is 0. The number of thiophene rings is 1. The number of nitrogens with zero attached hydrogens (tertiary/aromatic N) is 1. The molecule has 2 heterocycles. The Morgan fingerprint density at radius 2 is 2.05 bits per heavy atom. The van der Waals surface area contributed by atoms with Gasteiger partial charge < -0.3 is 10.6 Å². The fourth-order valence-corrected chi connectivity index (χ4v) is 2.20. The zero-order valence-electron chi connectivity index (χ0n) is 10.8. The van der Waals surface area contributed by atoms with Gasteiger partial charge in [0, 0.05) is 19.2 Å². The van der Waals surface area contributed by atoms with Crippen molar-refractivity contribution < 1.29 is 9.59 Å². The molecule has 0 saturated heterocycles. The Hall–Kier alpha value is -2.21. The molecule has 0 atom stereocenters. The van der Waals surface area contributed by atoms with Crippen LogP contribution in [0.2, 0.25) is 0 Å². The summed E-state index contributed by atoms with van der Waals surface area (Å²) in [5.74, 6) is -0.250. The van der Waals surface area contributed by atoms with Crippen LogP contribution in [0, 0.1) is 0 Å². The smallest absolute Gasteiger partial charge is 0.261 e. The lowest BCUT2D eigenvalue weighted by molar-refractivity contribution is -0.121. The third-order valence-corrected chi connectivity index (χ3v) is 3.44. The maximum absolute atomic E-state index is 11.6. The highest BCUT2D eigenvalue weighted by Gasteiger charge is 2.07. The molecule has 0 aromatic carbocycles. The molecule has 2 amide bonds.